The van der Waals surface area contributed by atoms with Crippen molar-refractivity contribution >= 4 is 16.9 Å². The quantitative estimate of drug-likeness (QED) is 0.664. The fraction of sp³-hybridized carbons (Fsp3) is 0.211. The van der Waals surface area contributed by atoms with Crippen LogP contribution in [0.15, 0.2) is 52.9 Å². The number of methoxy groups -OCH3 is 1. The van der Waals surface area contributed by atoms with Crippen LogP contribution >= 0.6 is 0 Å². The summed E-state index contributed by atoms with van der Waals surface area (Å²) in [4.78, 5) is 12.2. The summed E-state index contributed by atoms with van der Waals surface area (Å²) in [6, 6.07) is 15.3. The van der Waals surface area contributed by atoms with Crippen molar-refractivity contribution < 1.29 is 18.7 Å². The van der Waals surface area contributed by atoms with E-state index in [0.29, 0.717) is 18.6 Å². The molecule has 0 unspecified atom stereocenters. The predicted octanol–water partition coefficient (Wildman–Crippen LogP) is 4.15. The lowest BCUT2D eigenvalue weighted by Gasteiger charge is -2.05. The molecule has 3 rings (SSSR count). The van der Waals surface area contributed by atoms with Gasteiger partial charge in [-0.25, -0.2) is 4.79 Å². The van der Waals surface area contributed by atoms with Gasteiger partial charge in [0.05, 0.1) is 13.7 Å². The average molecular weight is 310 g/mol. The molecule has 0 radical (unpaired) electrons. The Labute approximate surface area is 134 Å². The Hall–Kier alpha value is -2.75. The molecule has 0 saturated heterocycles. The van der Waals surface area contributed by atoms with E-state index < -0.39 is 5.97 Å². The SMILES string of the molecule is COc1ccc(CCOC(=O)c2oc3ccccc3c2C)cc1. The van der Waals surface area contributed by atoms with E-state index in [4.69, 9.17) is 13.9 Å². The highest BCUT2D eigenvalue weighted by molar-refractivity contribution is 5.95. The number of carbonyl (C=O) groups excluding carboxylic acids is 1. The summed E-state index contributed by atoms with van der Waals surface area (Å²) >= 11 is 0. The molecular formula is C19H18O4. The summed E-state index contributed by atoms with van der Waals surface area (Å²) in [6.45, 7) is 2.17. The van der Waals surface area contributed by atoms with E-state index in [1.54, 1.807) is 7.11 Å². The van der Waals surface area contributed by atoms with E-state index in [0.717, 1.165) is 22.3 Å². The number of carbonyl (C=O) groups is 1. The number of hydrogen-bond donors (Lipinski definition) is 0. The molecule has 1 heterocycles. The average Bonchev–Trinajstić information content (AvgIpc) is 2.93. The van der Waals surface area contributed by atoms with Crippen molar-refractivity contribution in [3.05, 3.63) is 65.4 Å². The minimum Gasteiger partial charge on any atom is -0.497 e. The third-order valence-electron chi connectivity index (χ3n) is 3.81. The second-order valence-corrected chi connectivity index (χ2v) is 5.29. The van der Waals surface area contributed by atoms with Crippen LogP contribution in [-0.4, -0.2) is 19.7 Å². The lowest BCUT2D eigenvalue weighted by Crippen LogP contribution is -2.08. The zero-order valence-corrected chi connectivity index (χ0v) is 13.2. The molecule has 0 saturated carbocycles. The largest absolute Gasteiger partial charge is 0.497 e. The molecule has 0 amide bonds. The summed E-state index contributed by atoms with van der Waals surface area (Å²) < 4.78 is 16.1. The monoisotopic (exact) mass is 310 g/mol. The maximum Gasteiger partial charge on any atom is 0.374 e. The topological polar surface area (TPSA) is 48.7 Å². The van der Waals surface area contributed by atoms with Crippen molar-refractivity contribution in [2.75, 3.05) is 13.7 Å². The number of hydrogen-bond acceptors (Lipinski definition) is 4. The van der Waals surface area contributed by atoms with Gasteiger partial charge in [-0.15, -0.1) is 0 Å². The molecule has 1 aromatic heterocycles. The molecule has 23 heavy (non-hydrogen) atoms. The van der Waals surface area contributed by atoms with Crippen LogP contribution < -0.4 is 4.74 Å². The Bertz CT molecular complexity index is 815. The number of fused-ring (bicyclic) bond motifs is 1. The highest BCUT2D eigenvalue weighted by Gasteiger charge is 2.18. The summed E-state index contributed by atoms with van der Waals surface area (Å²) in [5.74, 6) is 0.664. The molecule has 0 aliphatic heterocycles. The lowest BCUT2D eigenvalue weighted by molar-refractivity contribution is 0.0474. The molecule has 0 spiro atoms. The molecule has 4 heteroatoms. The van der Waals surface area contributed by atoms with Gasteiger partial charge in [-0.2, -0.15) is 0 Å². The van der Waals surface area contributed by atoms with Gasteiger partial charge in [-0.3, -0.25) is 0 Å². The van der Waals surface area contributed by atoms with Gasteiger partial charge in [0, 0.05) is 17.4 Å². The Morgan fingerprint density at radius 2 is 1.83 bits per heavy atom. The fourth-order valence-electron chi connectivity index (χ4n) is 2.49. The van der Waals surface area contributed by atoms with Crippen LogP contribution in [0.5, 0.6) is 5.75 Å². The van der Waals surface area contributed by atoms with Gasteiger partial charge in [0.25, 0.3) is 0 Å². The zero-order chi connectivity index (χ0) is 16.2. The van der Waals surface area contributed by atoms with Gasteiger partial charge < -0.3 is 13.9 Å². The number of esters is 1. The van der Waals surface area contributed by atoms with E-state index in [-0.39, 0.29) is 5.76 Å². The summed E-state index contributed by atoms with van der Waals surface area (Å²) in [6.07, 6.45) is 0.648. The normalized spacial score (nSPS) is 10.7. The van der Waals surface area contributed by atoms with Crippen molar-refractivity contribution in [2.45, 2.75) is 13.3 Å². The minimum atomic E-state index is -0.424. The first-order valence-electron chi connectivity index (χ1n) is 7.47. The first kappa shape index (κ1) is 15.2. The molecule has 0 N–H and O–H groups in total. The van der Waals surface area contributed by atoms with Crippen LogP contribution in [-0.2, 0) is 11.2 Å². The maximum atomic E-state index is 12.2. The smallest absolute Gasteiger partial charge is 0.374 e. The van der Waals surface area contributed by atoms with Crippen molar-refractivity contribution in [2.24, 2.45) is 0 Å². The van der Waals surface area contributed by atoms with Crippen LogP contribution in [0.3, 0.4) is 0 Å². The highest BCUT2D eigenvalue weighted by atomic mass is 16.5. The van der Waals surface area contributed by atoms with E-state index in [9.17, 15) is 4.79 Å². The van der Waals surface area contributed by atoms with Gasteiger partial charge in [0.2, 0.25) is 5.76 Å². The molecule has 2 aromatic carbocycles. The Kier molecular flexibility index (Phi) is 4.33. The maximum absolute atomic E-state index is 12.2. The lowest BCUT2D eigenvalue weighted by atomic mass is 10.1. The highest BCUT2D eigenvalue weighted by Crippen LogP contribution is 2.25. The number of benzene rings is 2. The van der Waals surface area contributed by atoms with E-state index >= 15 is 0 Å². The first-order chi connectivity index (χ1) is 11.2. The van der Waals surface area contributed by atoms with E-state index in [2.05, 4.69) is 0 Å². The van der Waals surface area contributed by atoms with Crippen LogP contribution in [0.4, 0.5) is 0 Å². The molecular weight excluding hydrogens is 292 g/mol. The summed E-state index contributed by atoms with van der Waals surface area (Å²) in [5, 5.41) is 0.939. The second-order valence-electron chi connectivity index (χ2n) is 5.29. The van der Waals surface area contributed by atoms with Crippen molar-refractivity contribution in [1.29, 1.82) is 0 Å². The Morgan fingerprint density at radius 1 is 1.09 bits per heavy atom. The summed E-state index contributed by atoms with van der Waals surface area (Å²) in [5.41, 5.74) is 2.60. The van der Waals surface area contributed by atoms with Crippen molar-refractivity contribution in [3.63, 3.8) is 0 Å². The van der Waals surface area contributed by atoms with E-state index in [1.807, 2.05) is 55.5 Å². The molecule has 118 valence electrons. The Balaban J connectivity index is 1.63. The molecule has 0 aliphatic rings. The molecule has 0 fully saturated rings. The zero-order valence-electron chi connectivity index (χ0n) is 13.2. The minimum absolute atomic E-state index is 0.279. The van der Waals surface area contributed by atoms with Gasteiger partial charge in [-0.1, -0.05) is 30.3 Å². The van der Waals surface area contributed by atoms with Gasteiger partial charge in [0.1, 0.15) is 11.3 Å². The van der Waals surface area contributed by atoms with Crippen molar-refractivity contribution in [1.82, 2.24) is 0 Å². The standard InChI is InChI=1S/C19H18O4/c1-13-16-5-3-4-6-17(16)23-18(13)19(20)22-12-11-14-7-9-15(21-2)10-8-14/h3-10H,11-12H2,1-2H3. The van der Waals surface area contributed by atoms with Crippen LogP contribution in [0.2, 0.25) is 0 Å². The molecule has 0 atom stereocenters. The first-order valence-corrected chi connectivity index (χ1v) is 7.47. The number of ether oxygens (including phenoxy) is 2. The van der Waals surface area contributed by atoms with Crippen LogP contribution in [0.1, 0.15) is 21.7 Å². The second kappa shape index (κ2) is 6.57. The molecule has 4 nitrogen and oxygen atoms in total. The number of para-hydroxylation sites is 1. The number of rotatable bonds is 5. The third-order valence-corrected chi connectivity index (χ3v) is 3.81. The summed E-state index contributed by atoms with van der Waals surface area (Å²) in [7, 11) is 1.63. The van der Waals surface area contributed by atoms with E-state index in [1.165, 1.54) is 0 Å². The molecule has 0 bridgehead atoms. The Morgan fingerprint density at radius 3 is 2.52 bits per heavy atom. The fourth-order valence-corrected chi connectivity index (χ4v) is 2.49. The van der Waals surface area contributed by atoms with Gasteiger partial charge in [0.15, 0.2) is 0 Å². The van der Waals surface area contributed by atoms with Crippen LogP contribution in [0.25, 0.3) is 11.0 Å². The number of furan rings is 1. The van der Waals surface area contributed by atoms with Gasteiger partial charge in [-0.05, 0) is 30.7 Å². The predicted molar refractivity (Wildman–Crippen MR) is 87.9 cm³/mol. The molecule has 0 aliphatic carbocycles. The molecule has 3 aromatic rings. The van der Waals surface area contributed by atoms with Crippen molar-refractivity contribution in [3.8, 4) is 5.75 Å². The third kappa shape index (κ3) is 3.21. The number of aryl methyl sites for hydroxylation is 1. The van der Waals surface area contributed by atoms with Crippen LogP contribution in [0, 0.1) is 6.92 Å². The van der Waals surface area contributed by atoms with Gasteiger partial charge >= 0.3 is 5.97 Å².